The van der Waals surface area contributed by atoms with Crippen molar-refractivity contribution in [3.05, 3.63) is 103 Å². The fraction of sp³-hybridized carbons (Fsp3) is 0.214. The van der Waals surface area contributed by atoms with E-state index in [0.29, 0.717) is 31.9 Å². The zero-order valence-corrected chi connectivity index (χ0v) is 22.2. The van der Waals surface area contributed by atoms with Crippen LogP contribution < -0.4 is 24.9 Å². The van der Waals surface area contributed by atoms with Crippen LogP contribution in [0, 0.1) is 6.92 Å². The number of aromatic nitrogens is 3. The smallest absolute Gasteiger partial charge is 0.271 e. The molecule has 38 heavy (non-hydrogen) atoms. The van der Waals surface area contributed by atoms with Crippen LogP contribution in [0.3, 0.4) is 0 Å². The van der Waals surface area contributed by atoms with Gasteiger partial charge in [0.25, 0.3) is 11.5 Å². The Bertz CT molecular complexity index is 1750. The van der Waals surface area contributed by atoms with Gasteiger partial charge in [-0.2, -0.15) is 5.10 Å². The number of hydrogen-bond donors (Lipinski definition) is 2. The predicted octanol–water partition coefficient (Wildman–Crippen LogP) is 3.11. The van der Waals surface area contributed by atoms with Gasteiger partial charge in [-0.1, -0.05) is 35.6 Å². The number of methoxy groups -OCH3 is 1. The first kappa shape index (κ1) is 25.2. The molecule has 3 heterocycles. The van der Waals surface area contributed by atoms with Gasteiger partial charge in [-0.25, -0.2) is 4.99 Å². The summed E-state index contributed by atoms with van der Waals surface area (Å²) in [7, 11) is 1.45. The van der Waals surface area contributed by atoms with Gasteiger partial charge in [-0.3, -0.25) is 18.8 Å². The normalized spacial score (nSPS) is 15.3. The highest BCUT2D eigenvalue weighted by Gasteiger charge is 2.33. The van der Waals surface area contributed by atoms with Crippen LogP contribution in [0.25, 0.3) is 6.08 Å². The number of hydrogen-bond acceptors (Lipinski definition) is 7. The number of allylic oxidation sites excluding steroid dienone is 1. The second kappa shape index (κ2) is 10.1. The molecule has 2 aromatic carbocycles. The molecule has 0 bridgehead atoms. The molecule has 9 nitrogen and oxygen atoms in total. The average molecular weight is 530 g/mol. The molecule has 0 radical (unpaired) electrons. The molecule has 0 saturated carbocycles. The van der Waals surface area contributed by atoms with E-state index in [1.165, 1.54) is 29.1 Å². The molecule has 4 aromatic rings. The number of amides is 1. The van der Waals surface area contributed by atoms with Gasteiger partial charge in [0.05, 0.1) is 34.6 Å². The highest BCUT2D eigenvalue weighted by atomic mass is 32.1. The zero-order chi connectivity index (χ0) is 27.0. The summed E-state index contributed by atoms with van der Waals surface area (Å²) in [5, 5.41) is 17.6. The largest absolute Gasteiger partial charge is 0.504 e. The lowest BCUT2D eigenvalue weighted by Crippen LogP contribution is -2.40. The van der Waals surface area contributed by atoms with Crippen molar-refractivity contribution in [2.45, 2.75) is 33.4 Å². The Morgan fingerprint density at radius 2 is 1.97 bits per heavy atom. The lowest BCUT2D eigenvalue weighted by atomic mass is 9.94. The van der Waals surface area contributed by atoms with E-state index in [9.17, 15) is 14.7 Å². The maximum atomic E-state index is 13.9. The van der Waals surface area contributed by atoms with Crippen molar-refractivity contribution in [3.63, 3.8) is 0 Å². The summed E-state index contributed by atoms with van der Waals surface area (Å²) in [4.78, 5) is 32.7. The summed E-state index contributed by atoms with van der Waals surface area (Å²) >= 11 is 1.26. The van der Waals surface area contributed by atoms with Gasteiger partial charge in [0.1, 0.15) is 0 Å². The molecular weight excluding hydrogens is 502 g/mol. The Morgan fingerprint density at radius 3 is 2.66 bits per heavy atom. The van der Waals surface area contributed by atoms with E-state index < -0.39 is 6.04 Å². The van der Waals surface area contributed by atoms with Gasteiger partial charge in [0.2, 0.25) is 0 Å². The van der Waals surface area contributed by atoms with Gasteiger partial charge >= 0.3 is 0 Å². The Labute approximate surface area is 222 Å². The van der Waals surface area contributed by atoms with Gasteiger partial charge < -0.3 is 15.2 Å². The van der Waals surface area contributed by atoms with Crippen molar-refractivity contribution in [1.82, 2.24) is 14.3 Å². The minimum Gasteiger partial charge on any atom is -0.504 e. The molecule has 0 fully saturated rings. The zero-order valence-electron chi connectivity index (χ0n) is 21.4. The van der Waals surface area contributed by atoms with Crippen LogP contribution in [-0.4, -0.2) is 32.5 Å². The molecule has 0 saturated heterocycles. The molecular formula is C28H27N5O4S. The molecule has 0 spiro atoms. The minimum atomic E-state index is -0.786. The van der Waals surface area contributed by atoms with Crippen molar-refractivity contribution < 1.29 is 14.6 Å². The number of rotatable bonds is 6. The van der Waals surface area contributed by atoms with Gasteiger partial charge in [-0.05, 0) is 56.7 Å². The van der Waals surface area contributed by atoms with Crippen LogP contribution in [0.2, 0.25) is 0 Å². The second-order valence-corrected chi connectivity index (χ2v) is 9.87. The monoisotopic (exact) mass is 529 g/mol. The topological polar surface area (TPSA) is 111 Å². The number of nitrogens with zero attached hydrogens (tertiary/aromatic N) is 4. The molecule has 10 heteroatoms. The Hall–Kier alpha value is -4.44. The number of fused-ring (bicyclic) bond motifs is 1. The number of anilines is 1. The number of carbonyl (C=O) groups is 1. The number of phenols is 1. The molecule has 2 aromatic heterocycles. The summed E-state index contributed by atoms with van der Waals surface area (Å²) in [6.45, 7) is 6.38. The molecule has 194 valence electrons. The highest BCUT2D eigenvalue weighted by Crippen LogP contribution is 2.35. The molecule has 1 aliphatic rings. The van der Waals surface area contributed by atoms with E-state index in [-0.39, 0.29) is 23.0 Å². The number of aryl methyl sites for hydroxylation is 2. The quantitative estimate of drug-likeness (QED) is 0.399. The fourth-order valence-corrected chi connectivity index (χ4v) is 5.53. The van der Waals surface area contributed by atoms with Crippen LogP contribution in [0.5, 0.6) is 11.5 Å². The van der Waals surface area contributed by atoms with E-state index in [4.69, 9.17) is 4.74 Å². The van der Waals surface area contributed by atoms with Gasteiger partial charge in [0.15, 0.2) is 16.3 Å². The van der Waals surface area contributed by atoms with Crippen LogP contribution in [0.15, 0.2) is 75.8 Å². The van der Waals surface area contributed by atoms with E-state index in [2.05, 4.69) is 15.4 Å². The van der Waals surface area contributed by atoms with Crippen LogP contribution >= 0.6 is 11.3 Å². The number of thiazole rings is 1. The minimum absolute atomic E-state index is 0.0388. The first-order valence-electron chi connectivity index (χ1n) is 12.1. The maximum Gasteiger partial charge on any atom is 0.271 e. The lowest BCUT2D eigenvalue weighted by molar-refractivity contribution is -0.113. The third-order valence-electron chi connectivity index (χ3n) is 6.41. The fourth-order valence-electron chi connectivity index (χ4n) is 4.49. The van der Waals surface area contributed by atoms with Crippen molar-refractivity contribution in [1.29, 1.82) is 0 Å². The number of ether oxygens (including phenoxy) is 1. The number of nitrogens with one attached hydrogen (secondary N) is 1. The van der Waals surface area contributed by atoms with Crippen LogP contribution in [-0.2, 0) is 11.3 Å². The molecule has 1 aliphatic heterocycles. The van der Waals surface area contributed by atoms with Crippen molar-refractivity contribution in [2.75, 3.05) is 12.4 Å². The third kappa shape index (κ3) is 4.54. The van der Waals surface area contributed by atoms with Crippen LogP contribution in [0.4, 0.5) is 5.69 Å². The number of benzene rings is 2. The summed E-state index contributed by atoms with van der Waals surface area (Å²) in [5.41, 5.74) is 3.45. The number of carbonyl (C=O) groups excluding carboxylic acids is 1. The first-order chi connectivity index (χ1) is 18.3. The summed E-state index contributed by atoms with van der Waals surface area (Å²) in [6, 6.07) is 13.1. The van der Waals surface area contributed by atoms with E-state index >= 15 is 0 Å². The van der Waals surface area contributed by atoms with E-state index in [1.807, 2.05) is 49.0 Å². The van der Waals surface area contributed by atoms with Crippen molar-refractivity contribution in [3.8, 4) is 11.5 Å². The molecule has 1 amide bonds. The van der Waals surface area contributed by atoms with Crippen LogP contribution in [0.1, 0.15) is 36.7 Å². The Balaban J connectivity index is 1.70. The highest BCUT2D eigenvalue weighted by molar-refractivity contribution is 7.07. The summed E-state index contributed by atoms with van der Waals surface area (Å²) in [6.07, 6.45) is 3.72. The predicted molar refractivity (Wildman–Crippen MR) is 146 cm³/mol. The standard InChI is InChI=1S/C28H27N5O4S/c1-5-32-15-19(16(2)31-32)14-23-27(36)33-25(18-11-12-21(34)22(13-18)37-4)24(17(3)29-28(33)38-23)26(35)30-20-9-7-6-8-10-20/h6-15,25,34H,5H2,1-4H3,(H,30,35)/b23-14+/t25-/m0/s1. The molecule has 5 rings (SSSR count). The Morgan fingerprint density at radius 1 is 1.21 bits per heavy atom. The lowest BCUT2D eigenvalue weighted by Gasteiger charge is -2.25. The molecule has 0 unspecified atom stereocenters. The first-order valence-corrected chi connectivity index (χ1v) is 12.9. The van der Waals surface area contributed by atoms with Crippen molar-refractivity contribution >= 4 is 29.0 Å². The summed E-state index contributed by atoms with van der Waals surface area (Å²) in [5.74, 6) is -0.170. The molecule has 2 N–H and O–H groups in total. The number of para-hydroxylation sites is 1. The average Bonchev–Trinajstić information content (AvgIpc) is 3.42. The third-order valence-corrected chi connectivity index (χ3v) is 7.40. The molecule has 0 aliphatic carbocycles. The SMILES string of the molecule is CCn1cc(/C=c2/sc3n(c2=O)[C@@H](c2ccc(O)c(OC)c2)C(C(=O)Nc2ccccc2)=C(C)N=3)c(C)n1. The molecule has 1 atom stereocenters. The second-order valence-electron chi connectivity index (χ2n) is 8.86. The van der Waals surface area contributed by atoms with Crippen molar-refractivity contribution in [2.24, 2.45) is 4.99 Å². The van der Waals surface area contributed by atoms with E-state index in [0.717, 1.165) is 17.8 Å². The van der Waals surface area contributed by atoms with Gasteiger partial charge in [-0.15, -0.1) is 0 Å². The van der Waals surface area contributed by atoms with Gasteiger partial charge in [0, 0.05) is 24.0 Å². The number of aromatic hydroxyl groups is 1. The van der Waals surface area contributed by atoms with E-state index in [1.54, 1.807) is 31.2 Å². The number of phenolic OH excluding ortho intramolecular Hbond substituents is 1. The summed E-state index contributed by atoms with van der Waals surface area (Å²) < 4.78 is 9.17. The maximum absolute atomic E-state index is 13.9. The Kier molecular flexibility index (Phi) is 6.73.